The normalized spacial score (nSPS) is 16.2. The Balaban J connectivity index is 1.70. The number of hydrogen-bond donors (Lipinski definition) is 0. The summed E-state index contributed by atoms with van der Waals surface area (Å²) in [6.07, 6.45) is 0. The fourth-order valence-corrected chi connectivity index (χ4v) is 2.59. The van der Waals surface area contributed by atoms with Crippen LogP contribution in [0.2, 0.25) is 0 Å². The molecule has 0 aromatic heterocycles. The predicted octanol–water partition coefficient (Wildman–Crippen LogP) is 3.75. The SMILES string of the molecule is CC(=O)c1ccc(OCC2COc3ccccc32)c(C)c1. The molecule has 1 heterocycles. The van der Waals surface area contributed by atoms with Crippen LogP contribution in [0.15, 0.2) is 42.5 Å². The molecule has 108 valence electrons. The molecule has 1 atom stereocenters. The van der Waals surface area contributed by atoms with Crippen LogP contribution in [0.5, 0.6) is 11.5 Å². The summed E-state index contributed by atoms with van der Waals surface area (Å²) < 4.78 is 11.6. The maximum Gasteiger partial charge on any atom is 0.159 e. The van der Waals surface area contributed by atoms with Crippen molar-refractivity contribution in [1.82, 2.24) is 0 Å². The predicted molar refractivity (Wildman–Crippen MR) is 81.4 cm³/mol. The number of rotatable bonds is 4. The number of Topliss-reactive ketones (excluding diaryl/α,β-unsaturated/α-hetero) is 1. The molecule has 0 amide bonds. The van der Waals surface area contributed by atoms with Gasteiger partial charge in [0.05, 0.1) is 19.1 Å². The number of ether oxygens (including phenoxy) is 2. The van der Waals surface area contributed by atoms with Gasteiger partial charge in [0.2, 0.25) is 0 Å². The third kappa shape index (κ3) is 2.77. The minimum Gasteiger partial charge on any atom is -0.493 e. The van der Waals surface area contributed by atoms with Crippen LogP contribution in [0.1, 0.15) is 34.3 Å². The second-order valence-electron chi connectivity index (χ2n) is 5.39. The summed E-state index contributed by atoms with van der Waals surface area (Å²) in [4.78, 5) is 11.4. The molecule has 0 N–H and O–H groups in total. The van der Waals surface area contributed by atoms with Crippen molar-refractivity contribution in [3.8, 4) is 11.5 Å². The van der Waals surface area contributed by atoms with Crippen LogP contribution in [0.25, 0.3) is 0 Å². The Morgan fingerprint density at radius 3 is 2.86 bits per heavy atom. The maximum atomic E-state index is 11.4. The smallest absolute Gasteiger partial charge is 0.159 e. The third-order valence-corrected chi connectivity index (χ3v) is 3.82. The molecule has 3 rings (SSSR count). The van der Waals surface area contributed by atoms with E-state index < -0.39 is 0 Å². The van der Waals surface area contributed by atoms with Gasteiger partial charge in [-0.15, -0.1) is 0 Å². The van der Waals surface area contributed by atoms with Crippen LogP contribution < -0.4 is 9.47 Å². The van der Waals surface area contributed by atoms with E-state index in [0.29, 0.717) is 13.2 Å². The van der Waals surface area contributed by atoms with Crippen LogP contribution in [0.4, 0.5) is 0 Å². The van der Waals surface area contributed by atoms with Crippen molar-refractivity contribution >= 4 is 5.78 Å². The number of aryl methyl sites for hydroxylation is 1. The second kappa shape index (κ2) is 5.60. The minimum atomic E-state index is 0.0720. The van der Waals surface area contributed by atoms with Gasteiger partial charge in [0, 0.05) is 11.1 Å². The number of carbonyl (C=O) groups is 1. The molecule has 0 radical (unpaired) electrons. The maximum absolute atomic E-state index is 11.4. The largest absolute Gasteiger partial charge is 0.493 e. The summed E-state index contributed by atoms with van der Waals surface area (Å²) in [5.41, 5.74) is 2.90. The average Bonchev–Trinajstić information content (AvgIpc) is 2.89. The molecule has 21 heavy (non-hydrogen) atoms. The van der Waals surface area contributed by atoms with E-state index in [9.17, 15) is 4.79 Å². The summed E-state index contributed by atoms with van der Waals surface area (Å²) in [6, 6.07) is 13.6. The van der Waals surface area contributed by atoms with Crippen molar-refractivity contribution in [3.63, 3.8) is 0 Å². The highest BCUT2D eigenvalue weighted by Crippen LogP contribution is 2.34. The van der Waals surface area contributed by atoms with Gasteiger partial charge in [-0.05, 0) is 43.7 Å². The van der Waals surface area contributed by atoms with E-state index in [2.05, 4.69) is 6.07 Å². The highest BCUT2D eigenvalue weighted by atomic mass is 16.5. The van der Waals surface area contributed by atoms with E-state index in [-0.39, 0.29) is 11.7 Å². The Labute approximate surface area is 124 Å². The molecule has 2 aromatic carbocycles. The first-order chi connectivity index (χ1) is 10.1. The topological polar surface area (TPSA) is 35.5 Å². The Morgan fingerprint density at radius 2 is 2.10 bits per heavy atom. The van der Waals surface area contributed by atoms with Crippen LogP contribution in [-0.4, -0.2) is 19.0 Å². The molecule has 3 nitrogen and oxygen atoms in total. The molecule has 1 aliphatic heterocycles. The minimum absolute atomic E-state index is 0.0720. The van der Waals surface area contributed by atoms with Crippen molar-refractivity contribution in [2.75, 3.05) is 13.2 Å². The van der Waals surface area contributed by atoms with Crippen LogP contribution >= 0.6 is 0 Å². The van der Waals surface area contributed by atoms with Crippen molar-refractivity contribution in [3.05, 3.63) is 59.2 Å². The summed E-state index contributed by atoms with van der Waals surface area (Å²) in [5, 5.41) is 0. The fourth-order valence-electron chi connectivity index (χ4n) is 2.59. The Morgan fingerprint density at radius 1 is 1.29 bits per heavy atom. The lowest BCUT2D eigenvalue weighted by Crippen LogP contribution is -2.12. The summed E-state index contributed by atoms with van der Waals surface area (Å²) in [7, 11) is 0. The van der Waals surface area contributed by atoms with E-state index in [1.165, 1.54) is 5.56 Å². The quantitative estimate of drug-likeness (QED) is 0.801. The van der Waals surface area contributed by atoms with E-state index in [1.54, 1.807) is 6.92 Å². The Kier molecular flexibility index (Phi) is 3.65. The van der Waals surface area contributed by atoms with Crippen molar-refractivity contribution < 1.29 is 14.3 Å². The molecule has 0 fully saturated rings. The standard InChI is InChI=1S/C18H18O3/c1-12-9-14(13(2)19)7-8-17(12)20-10-15-11-21-18-6-4-3-5-16(15)18/h3-9,15H,10-11H2,1-2H3. The highest BCUT2D eigenvalue weighted by molar-refractivity contribution is 5.94. The molecule has 1 aliphatic rings. The van der Waals surface area contributed by atoms with E-state index in [0.717, 1.165) is 22.6 Å². The molecule has 3 heteroatoms. The van der Waals surface area contributed by atoms with Crippen LogP contribution in [0.3, 0.4) is 0 Å². The van der Waals surface area contributed by atoms with Crippen molar-refractivity contribution in [1.29, 1.82) is 0 Å². The van der Waals surface area contributed by atoms with Gasteiger partial charge in [0.1, 0.15) is 11.5 Å². The Bertz CT molecular complexity index is 676. The zero-order valence-electron chi connectivity index (χ0n) is 12.3. The first-order valence-electron chi connectivity index (χ1n) is 7.11. The summed E-state index contributed by atoms with van der Waals surface area (Å²) in [6.45, 7) is 4.77. The molecule has 0 saturated heterocycles. The monoisotopic (exact) mass is 282 g/mol. The van der Waals surface area contributed by atoms with Gasteiger partial charge in [-0.2, -0.15) is 0 Å². The van der Waals surface area contributed by atoms with Crippen molar-refractivity contribution in [2.24, 2.45) is 0 Å². The number of ketones is 1. The zero-order chi connectivity index (χ0) is 14.8. The summed E-state index contributed by atoms with van der Waals surface area (Å²) in [5.74, 6) is 2.11. The molecular weight excluding hydrogens is 264 g/mol. The lowest BCUT2D eigenvalue weighted by atomic mass is 10.0. The number of benzene rings is 2. The molecule has 0 aliphatic carbocycles. The van der Waals surface area contributed by atoms with Gasteiger partial charge in [-0.25, -0.2) is 0 Å². The van der Waals surface area contributed by atoms with Gasteiger partial charge in [0.25, 0.3) is 0 Å². The average molecular weight is 282 g/mol. The molecule has 0 saturated carbocycles. The van der Waals surface area contributed by atoms with Crippen LogP contribution in [-0.2, 0) is 0 Å². The van der Waals surface area contributed by atoms with Gasteiger partial charge in [-0.3, -0.25) is 4.79 Å². The molecule has 2 aromatic rings. The lowest BCUT2D eigenvalue weighted by Gasteiger charge is -2.13. The zero-order valence-corrected chi connectivity index (χ0v) is 12.3. The number of carbonyl (C=O) groups excluding carboxylic acids is 1. The van der Waals surface area contributed by atoms with Gasteiger partial charge >= 0.3 is 0 Å². The molecule has 0 spiro atoms. The second-order valence-corrected chi connectivity index (χ2v) is 5.39. The van der Waals surface area contributed by atoms with Gasteiger partial charge in [-0.1, -0.05) is 18.2 Å². The van der Waals surface area contributed by atoms with E-state index in [4.69, 9.17) is 9.47 Å². The Hall–Kier alpha value is -2.29. The first-order valence-corrected chi connectivity index (χ1v) is 7.11. The lowest BCUT2D eigenvalue weighted by molar-refractivity contribution is 0.101. The van der Waals surface area contributed by atoms with E-state index >= 15 is 0 Å². The highest BCUT2D eigenvalue weighted by Gasteiger charge is 2.24. The molecular formula is C18H18O3. The summed E-state index contributed by atoms with van der Waals surface area (Å²) >= 11 is 0. The van der Waals surface area contributed by atoms with Crippen LogP contribution in [0, 0.1) is 6.92 Å². The number of hydrogen-bond acceptors (Lipinski definition) is 3. The molecule has 1 unspecified atom stereocenters. The van der Waals surface area contributed by atoms with Gasteiger partial charge in [0.15, 0.2) is 5.78 Å². The van der Waals surface area contributed by atoms with E-state index in [1.807, 2.05) is 43.3 Å². The third-order valence-electron chi connectivity index (χ3n) is 3.82. The fraction of sp³-hybridized carbons (Fsp3) is 0.278. The number of para-hydroxylation sites is 1. The van der Waals surface area contributed by atoms with Gasteiger partial charge < -0.3 is 9.47 Å². The molecule has 0 bridgehead atoms. The van der Waals surface area contributed by atoms with Crippen molar-refractivity contribution in [2.45, 2.75) is 19.8 Å². The number of fused-ring (bicyclic) bond motifs is 1. The first kappa shape index (κ1) is 13.7.